The Kier molecular flexibility index (Phi) is 5.06. The topological polar surface area (TPSA) is 51.7 Å². The minimum absolute atomic E-state index is 0.140. The SMILES string of the molecule is O=C(NC1CCN(c2ccccn2)CC1)N1CCN2CCCCC2C1. The number of hydrogen-bond donors (Lipinski definition) is 1. The smallest absolute Gasteiger partial charge is 0.317 e. The van der Waals surface area contributed by atoms with Gasteiger partial charge >= 0.3 is 6.03 Å². The molecule has 25 heavy (non-hydrogen) atoms. The number of nitrogens with one attached hydrogen (secondary N) is 1. The quantitative estimate of drug-likeness (QED) is 0.891. The van der Waals surface area contributed by atoms with Crippen LogP contribution in [0.25, 0.3) is 0 Å². The third-order valence-electron chi connectivity index (χ3n) is 5.92. The first kappa shape index (κ1) is 16.6. The van der Waals surface area contributed by atoms with Gasteiger partial charge in [-0.3, -0.25) is 4.90 Å². The molecule has 3 saturated heterocycles. The van der Waals surface area contributed by atoms with E-state index in [1.807, 2.05) is 23.2 Å². The highest BCUT2D eigenvalue weighted by molar-refractivity contribution is 5.74. The van der Waals surface area contributed by atoms with Crippen LogP contribution in [0.5, 0.6) is 0 Å². The maximum absolute atomic E-state index is 12.7. The Bertz CT molecular complexity index is 572. The third kappa shape index (κ3) is 3.89. The van der Waals surface area contributed by atoms with Gasteiger partial charge in [0.1, 0.15) is 5.82 Å². The Labute approximate surface area is 150 Å². The zero-order valence-electron chi connectivity index (χ0n) is 14.9. The minimum atomic E-state index is 0.140. The van der Waals surface area contributed by atoms with Crippen LogP contribution in [0.1, 0.15) is 32.1 Å². The van der Waals surface area contributed by atoms with Gasteiger partial charge in [0.2, 0.25) is 0 Å². The molecule has 4 heterocycles. The van der Waals surface area contributed by atoms with Crippen molar-refractivity contribution in [2.75, 3.05) is 44.2 Å². The third-order valence-corrected chi connectivity index (χ3v) is 5.92. The van der Waals surface area contributed by atoms with Crippen molar-refractivity contribution >= 4 is 11.8 Å². The zero-order chi connectivity index (χ0) is 17.1. The molecular formula is C19H29N5O. The van der Waals surface area contributed by atoms with Crippen molar-refractivity contribution in [1.29, 1.82) is 0 Å². The summed E-state index contributed by atoms with van der Waals surface area (Å²) in [5.74, 6) is 1.04. The fraction of sp³-hybridized carbons (Fsp3) is 0.684. The summed E-state index contributed by atoms with van der Waals surface area (Å²) in [6.45, 7) is 5.94. The Balaban J connectivity index is 1.25. The molecule has 6 nitrogen and oxygen atoms in total. The number of hydrogen-bond acceptors (Lipinski definition) is 4. The Morgan fingerprint density at radius 2 is 1.92 bits per heavy atom. The number of pyridine rings is 1. The second-order valence-electron chi connectivity index (χ2n) is 7.53. The number of anilines is 1. The highest BCUT2D eigenvalue weighted by Crippen LogP contribution is 2.22. The monoisotopic (exact) mass is 343 g/mol. The number of piperidine rings is 2. The van der Waals surface area contributed by atoms with Crippen molar-refractivity contribution in [2.24, 2.45) is 0 Å². The lowest BCUT2D eigenvalue weighted by molar-refractivity contribution is 0.0633. The lowest BCUT2D eigenvalue weighted by Gasteiger charge is -2.44. The van der Waals surface area contributed by atoms with Crippen molar-refractivity contribution in [1.82, 2.24) is 20.1 Å². The summed E-state index contributed by atoms with van der Waals surface area (Å²) in [6.07, 6.45) is 7.69. The second kappa shape index (κ2) is 7.60. The average Bonchev–Trinajstić information content (AvgIpc) is 2.69. The lowest BCUT2D eigenvalue weighted by atomic mass is 9.99. The molecule has 3 aliphatic heterocycles. The number of carbonyl (C=O) groups excluding carboxylic acids is 1. The van der Waals surface area contributed by atoms with E-state index in [9.17, 15) is 4.79 Å². The summed E-state index contributed by atoms with van der Waals surface area (Å²) in [5.41, 5.74) is 0. The molecular weight excluding hydrogens is 314 g/mol. The standard InChI is InChI=1S/C19H29N5O/c25-19(24-14-13-22-10-4-2-5-17(22)15-24)21-16-7-11-23(12-8-16)18-6-1-3-9-20-18/h1,3,6,9,16-17H,2,4-5,7-8,10-15H2,(H,21,25). The summed E-state index contributed by atoms with van der Waals surface area (Å²) in [5, 5.41) is 3.28. The Morgan fingerprint density at radius 1 is 1.04 bits per heavy atom. The van der Waals surface area contributed by atoms with Crippen molar-refractivity contribution in [3.05, 3.63) is 24.4 Å². The van der Waals surface area contributed by atoms with Gasteiger partial charge < -0.3 is 15.1 Å². The molecule has 2 amide bonds. The summed E-state index contributed by atoms with van der Waals surface area (Å²) >= 11 is 0. The molecule has 1 aromatic heterocycles. The maximum Gasteiger partial charge on any atom is 0.317 e. The molecule has 136 valence electrons. The van der Waals surface area contributed by atoms with Gasteiger partial charge in [0, 0.05) is 51.0 Å². The molecule has 1 N–H and O–H groups in total. The lowest BCUT2D eigenvalue weighted by Crippen LogP contribution is -2.59. The average molecular weight is 343 g/mol. The molecule has 0 aliphatic carbocycles. The van der Waals surface area contributed by atoms with Crippen LogP contribution in [-0.4, -0.2) is 72.2 Å². The number of piperazine rings is 1. The van der Waals surface area contributed by atoms with Gasteiger partial charge in [0.25, 0.3) is 0 Å². The molecule has 0 saturated carbocycles. The molecule has 6 heteroatoms. The van der Waals surface area contributed by atoms with E-state index >= 15 is 0 Å². The predicted molar refractivity (Wildman–Crippen MR) is 98.8 cm³/mol. The van der Waals surface area contributed by atoms with E-state index < -0.39 is 0 Å². The first-order valence-electron chi connectivity index (χ1n) is 9.75. The van der Waals surface area contributed by atoms with Gasteiger partial charge in [-0.15, -0.1) is 0 Å². The van der Waals surface area contributed by atoms with E-state index in [-0.39, 0.29) is 12.1 Å². The summed E-state index contributed by atoms with van der Waals surface area (Å²) in [6, 6.07) is 7.05. The van der Waals surface area contributed by atoms with E-state index in [1.54, 1.807) is 0 Å². The van der Waals surface area contributed by atoms with Crippen LogP contribution in [0.15, 0.2) is 24.4 Å². The zero-order valence-corrected chi connectivity index (χ0v) is 14.9. The number of fused-ring (bicyclic) bond motifs is 1. The first-order chi connectivity index (χ1) is 12.3. The van der Waals surface area contributed by atoms with Crippen molar-refractivity contribution < 1.29 is 4.79 Å². The van der Waals surface area contributed by atoms with Crippen molar-refractivity contribution in [3.63, 3.8) is 0 Å². The molecule has 4 rings (SSSR count). The van der Waals surface area contributed by atoms with Gasteiger partial charge in [-0.2, -0.15) is 0 Å². The molecule has 0 bridgehead atoms. The molecule has 0 spiro atoms. The number of aromatic nitrogens is 1. The van der Waals surface area contributed by atoms with Crippen LogP contribution in [0.4, 0.5) is 10.6 Å². The van der Waals surface area contributed by atoms with Gasteiger partial charge in [-0.05, 0) is 44.4 Å². The summed E-state index contributed by atoms with van der Waals surface area (Å²) < 4.78 is 0. The van der Waals surface area contributed by atoms with E-state index in [0.29, 0.717) is 6.04 Å². The Hall–Kier alpha value is -1.82. The molecule has 1 atom stereocenters. The molecule has 3 fully saturated rings. The van der Waals surface area contributed by atoms with Crippen LogP contribution < -0.4 is 10.2 Å². The van der Waals surface area contributed by atoms with Gasteiger partial charge in [-0.1, -0.05) is 12.5 Å². The number of nitrogens with zero attached hydrogens (tertiary/aromatic N) is 4. The van der Waals surface area contributed by atoms with Crippen LogP contribution >= 0.6 is 0 Å². The van der Waals surface area contributed by atoms with Gasteiger partial charge in [0.05, 0.1) is 0 Å². The minimum Gasteiger partial charge on any atom is -0.356 e. The van der Waals surface area contributed by atoms with E-state index in [1.165, 1.54) is 25.8 Å². The molecule has 0 radical (unpaired) electrons. The highest BCUT2D eigenvalue weighted by atomic mass is 16.2. The highest BCUT2D eigenvalue weighted by Gasteiger charge is 2.32. The second-order valence-corrected chi connectivity index (χ2v) is 7.53. The van der Waals surface area contributed by atoms with Crippen LogP contribution in [0.3, 0.4) is 0 Å². The summed E-state index contributed by atoms with van der Waals surface area (Å²) in [7, 11) is 0. The fourth-order valence-corrected chi connectivity index (χ4v) is 4.40. The van der Waals surface area contributed by atoms with Crippen LogP contribution in [-0.2, 0) is 0 Å². The first-order valence-corrected chi connectivity index (χ1v) is 9.75. The molecule has 1 aromatic rings. The van der Waals surface area contributed by atoms with E-state index in [2.05, 4.69) is 26.2 Å². The molecule has 3 aliphatic rings. The summed E-state index contributed by atoms with van der Waals surface area (Å²) in [4.78, 5) is 24.0. The van der Waals surface area contributed by atoms with Crippen LogP contribution in [0.2, 0.25) is 0 Å². The molecule has 0 aromatic carbocycles. The number of carbonyl (C=O) groups is 1. The van der Waals surface area contributed by atoms with Gasteiger partial charge in [0.15, 0.2) is 0 Å². The number of rotatable bonds is 2. The van der Waals surface area contributed by atoms with Crippen LogP contribution in [0, 0.1) is 0 Å². The maximum atomic E-state index is 12.7. The van der Waals surface area contributed by atoms with E-state index in [0.717, 1.165) is 51.4 Å². The van der Waals surface area contributed by atoms with E-state index in [4.69, 9.17) is 0 Å². The normalized spacial score (nSPS) is 25.5. The predicted octanol–water partition coefficient (Wildman–Crippen LogP) is 1.93. The fourth-order valence-electron chi connectivity index (χ4n) is 4.40. The van der Waals surface area contributed by atoms with Crippen molar-refractivity contribution in [3.8, 4) is 0 Å². The Morgan fingerprint density at radius 3 is 2.72 bits per heavy atom. The largest absolute Gasteiger partial charge is 0.356 e. The number of urea groups is 1. The van der Waals surface area contributed by atoms with Gasteiger partial charge in [-0.25, -0.2) is 9.78 Å². The molecule has 1 unspecified atom stereocenters. The number of amides is 2. The van der Waals surface area contributed by atoms with Crippen molar-refractivity contribution in [2.45, 2.75) is 44.2 Å².